The minimum Gasteiger partial charge on any atom is -0.340 e. The predicted molar refractivity (Wildman–Crippen MR) is 42.3 cm³/mol. The van der Waals surface area contributed by atoms with Crippen molar-refractivity contribution in [3.63, 3.8) is 0 Å². The molecule has 0 fully saturated rings. The summed E-state index contributed by atoms with van der Waals surface area (Å²) in [5, 5.41) is 16.9. The van der Waals surface area contributed by atoms with Gasteiger partial charge in [0.15, 0.2) is 5.92 Å². The Labute approximate surface area is 74.8 Å². The van der Waals surface area contributed by atoms with E-state index in [0.29, 0.717) is 0 Å². The van der Waals surface area contributed by atoms with E-state index in [9.17, 15) is 4.79 Å². The van der Waals surface area contributed by atoms with Gasteiger partial charge in [-0.2, -0.15) is 10.5 Å². The second-order valence-corrected chi connectivity index (χ2v) is 2.48. The van der Waals surface area contributed by atoms with Gasteiger partial charge in [-0.05, 0) is 0 Å². The Morgan fingerprint density at radius 1 is 1.62 bits per heavy atom. The number of hydrogen-bond donors (Lipinski definition) is 0. The summed E-state index contributed by atoms with van der Waals surface area (Å²) >= 11 is 0. The molecule has 0 aliphatic carbocycles. The van der Waals surface area contributed by atoms with Crippen molar-refractivity contribution in [2.24, 2.45) is 13.0 Å². The number of aromatic nitrogens is 2. The van der Waals surface area contributed by atoms with Crippen LogP contribution in [0.4, 0.5) is 0 Å². The zero-order valence-electron chi connectivity index (χ0n) is 6.93. The molecule has 5 nitrogen and oxygen atoms in total. The maximum Gasteiger partial charge on any atom is 0.214 e. The van der Waals surface area contributed by atoms with Crippen LogP contribution in [0, 0.1) is 28.6 Å². The lowest BCUT2D eigenvalue weighted by Gasteiger charge is -1.93. The van der Waals surface area contributed by atoms with Crippen molar-refractivity contribution in [2.45, 2.75) is 0 Å². The number of nitrogens with zero attached hydrogens (tertiary/aromatic N) is 4. The van der Waals surface area contributed by atoms with E-state index in [0.717, 1.165) is 0 Å². The SMILES string of the molecule is Cn1cnc(C(=O)C(C#N)C#N)c1. The normalized spacial score (nSPS) is 9.23. The predicted octanol–water partition coefficient (Wildman–Crippen LogP) is 0.266. The van der Waals surface area contributed by atoms with Gasteiger partial charge in [-0.1, -0.05) is 0 Å². The van der Waals surface area contributed by atoms with Crippen LogP contribution < -0.4 is 0 Å². The summed E-state index contributed by atoms with van der Waals surface area (Å²) in [5.74, 6) is -1.81. The first-order valence-corrected chi connectivity index (χ1v) is 3.50. The van der Waals surface area contributed by atoms with Crippen molar-refractivity contribution in [3.8, 4) is 12.1 Å². The van der Waals surface area contributed by atoms with Gasteiger partial charge in [-0.25, -0.2) is 4.98 Å². The third kappa shape index (κ3) is 1.71. The number of aryl methyl sites for hydroxylation is 1. The molecule has 1 aromatic heterocycles. The molecule has 0 aliphatic rings. The summed E-state index contributed by atoms with van der Waals surface area (Å²) in [5.41, 5.74) is 0.149. The summed E-state index contributed by atoms with van der Waals surface area (Å²) in [4.78, 5) is 15.0. The topological polar surface area (TPSA) is 82.5 Å². The fourth-order valence-electron chi connectivity index (χ4n) is 0.834. The molecule has 0 aromatic carbocycles. The highest BCUT2D eigenvalue weighted by Crippen LogP contribution is 2.04. The molecule has 1 rings (SSSR count). The highest BCUT2D eigenvalue weighted by Gasteiger charge is 2.20. The van der Waals surface area contributed by atoms with Crippen LogP contribution in [0.5, 0.6) is 0 Å². The lowest BCUT2D eigenvalue weighted by Crippen LogP contribution is -2.11. The van der Waals surface area contributed by atoms with Crippen molar-refractivity contribution in [1.82, 2.24) is 9.55 Å². The number of rotatable bonds is 2. The van der Waals surface area contributed by atoms with Crippen molar-refractivity contribution >= 4 is 5.78 Å². The first kappa shape index (κ1) is 8.95. The third-order valence-corrected chi connectivity index (χ3v) is 1.48. The lowest BCUT2D eigenvalue weighted by atomic mass is 10.1. The van der Waals surface area contributed by atoms with Crippen LogP contribution in [-0.4, -0.2) is 15.3 Å². The third-order valence-electron chi connectivity index (χ3n) is 1.48. The van der Waals surface area contributed by atoms with Gasteiger partial charge >= 0.3 is 0 Å². The zero-order chi connectivity index (χ0) is 9.84. The molecule has 0 atom stereocenters. The Hall–Kier alpha value is -2.14. The molecule has 0 amide bonds. The summed E-state index contributed by atoms with van der Waals surface area (Å²) in [6, 6.07) is 3.20. The molecular weight excluding hydrogens is 168 g/mol. The van der Waals surface area contributed by atoms with E-state index in [4.69, 9.17) is 10.5 Å². The molecule has 0 saturated heterocycles. The molecular formula is C8H6N4O. The van der Waals surface area contributed by atoms with E-state index in [1.807, 2.05) is 0 Å². The molecule has 1 aromatic rings. The second-order valence-electron chi connectivity index (χ2n) is 2.48. The standard InChI is InChI=1S/C8H6N4O/c1-12-4-7(11-5-12)8(13)6(2-9)3-10/h4-6H,1H3. The smallest absolute Gasteiger partial charge is 0.214 e. The van der Waals surface area contributed by atoms with Crippen molar-refractivity contribution in [2.75, 3.05) is 0 Å². The maximum absolute atomic E-state index is 11.3. The Morgan fingerprint density at radius 3 is 2.62 bits per heavy atom. The van der Waals surface area contributed by atoms with Gasteiger partial charge in [0.05, 0.1) is 18.5 Å². The van der Waals surface area contributed by atoms with Crippen LogP contribution in [0.25, 0.3) is 0 Å². The van der Waals surface area contributed by atoms with Gasteiger partial charge in [0.1, 0.15) is 5.69 Å². The quantitative estimate of drug-likeness (QED) is 0.602. The number of Topliss-reactive ketones (excluding diaryl/α,β-unsaturated/α-hetero) is 1. The van der Waals surface area contributed by atoms with Crippen LogP contribution in [0.3, 0.4) is 0 Å². The number of carbonyl (C=O) groups is 1. The summed E-state index contributed by atoms with van der Waals surface area (Å²) in [6.07, 6.45) is 2.92. The van der Waals surface area contributed by atoms with E-state index in [2.05, 4.69) is 4.98 Å². The minimum atomic E-state index is -1.25. The molecule has 0 saturated carbocycles. The van der Waals surface area contributed by atoms with Gasteiger partial charge in [0.2, 0.25) is 5.78 Å². The number of ketones is 1. The Balaban J connectivity index is 2.94. The van der Waals surface area contributed by atoms with Crippen LogP contribution in [0.2, 0.25) is 0 Å². The van der Waals surface area contributed by atoms with E-state index in [1.54, 1.807) is 23.8 Å². The average Bonchev–Trinajstić information content (AvgIpc) is 2.54. The molecule has 0 spiro atoms. The van der Waals surface area contributed by atoms with Crippen LogP contribution in [-0.2, 0) is 7.05 Å². The van der Waals surface area contributed by atoms with Gasteiger partial charge in [-0.15, -0.1) is 0 Å². The van der Waals surface area contributed by atoms with Crippen LogP contribution >= 0.6 is 0 Å². The van der Waals surface area contributed by atoms with Crippen LogP contribution in [0.15, 0.2) is 12.5 Å². The molecule has 0 radical (unpaired) electrons. The van der Waals surface area contributed by atoms with E-state index >= 15 is 0 Å². The summed E-state index contributed by atoms with van der Waals surface area (Å²) in [6.45, 7) is 0. The Bertz CT molecular complexity index is 393. The minimum absolute atomic E-state index is 0.149. The van der Waals surface area contributed by atoms with Gasteiger partial charge in [-0.3, -0.25) is 4.79 Å². The first-order valence-electron chi connectivity index (χ1n) is 3.50. The molecule has 64 valence electrons. The summed E-state index contributed by atoms with van der Waals surface area (Å²) in [7, 11) is 1.71. The van der Waals surface area contributed by atoms with Crippen molar-refractivity contribution in [3.05, 3.63) is 18.2 Å². The second kappa shape index (κ2) is 3.51. The van der Waals surface area contributed by atoms with E-state index < -0.39 is 11.7 Å². The molecule has 13 heavy (non-hydrogen) atoms. The average molecular weight is 174 g/mol. The van der Waals surface area contributed by atoms with Gasteiger partial charge in [0.25, 0.3) is 0 Å². The highest BCUT2D eigenvalue weighted by atomic mass is 16.1. The zero-order valence-corrected chi connectivity index (χ0v) is 6.93. The van der Waals surface area contributed by atoms with Crippen LogP contribution in [0.1, 0.15) is 10.5 Å². The first-order chi connectivity index (χ1) is 6.19. The number of imidazole rings is 1. The number of carbonyl (C=O) groups excluding carboxylic acids is 1. The number of nitriles is 2. The lowest BCUT2D eigenvalue weighted by molar-refractivity contribution is 0.0966. The monoisotopic (exact) mass is 174 g/mol. The molecule has 5 heteroatoms. The van der Waals surface area contributed by atoms with E-state index in [-0.39, 0.29) is 5.69 Å². The van der Waals surface area contributed by atoms with Crippen molar-refractivity contribution < 1.29 is 4.79 Å². The Kier molecular flexibility index (Phi) is 2.41. The van der Waals surface area contributed by atoms with Gasteiger partial charge in [0, 0.05) is 13.2 Å². The van der Waals surface area contributed by atoms with Gasteiger partial charge < -0.3 is 4.57 Å². The molecule has 1 heterocycles. The van der Waals surface area contributed by atoms with Crippen molar-refractivity contribution in [1.29, 1.82) is 10.5 Å². The summed E-state index contributed by atoms with van der Waals surface area (Å²) < 4.78 is 1.58. The Morgan fingerprint density at radius 2 is 2.23 bits per heavy atom. The highest BCUT2D eigenvalue weighted by molar-refractivity contribution is 5.99. The fraction of sp³-hybridized carbons (Fsp3) is 0.250. The molecule has 0 N–H and O–H groups in total. The molecule has 0 aliphatic heterocycles. The van der Waals surface area contributed by atoms with E-state index in [1.165, 1.54) is 12.5 Å². The molecule has 0 bridgehead atoms. The maximum atomic E-state index is 11.3. The fourth-order valence-corrected chi connectivity index (χ4v) is 0.834. The number of hydrogen-bond acceptors (Lipinski definition) is 4. The largest absolute Gasteiger partial charge is 0.340 e. The molecule has 0 unspecified atom stereocenters.